The molecule has 2 nitrogen and oxygen atoms in total. The van der Waals surface area contributed by atoms with Crippen LogP contribution in [0.3, 0.4) is 0 Å². The van der Waals surface area contributed by atoms with E-state index in [1.807, 2.05) is 0 Å². The molecule has 0 bridgehead atoms. The van der Waals surface area contributed by atoms with Gasteiger partial charge >= 0.3 is 29.6 Å². The number of rotatable bonds is 2. The average Bonchev–Trinajstić information content (AvgIpc) is 2.05. The van der Waals surface area contributed by atoms with Gasteiger partial charge in [0.1, 0.15) is 11.5 Å². The summed E-state index contributed by atoms with van der Waals surface area (Å²) in [5.74, 6) is 1.53. The standard InChI is InChI=1S/C8H9O2.Na.H/c1-9-7-4-3-5-8(6-7)10-2;;/h4-6H,1-2H3;;. The minimum atomic E-state index is 0. The fraction of sp³-hybridized carbons (Fsp3) is 0.250. The van der Waals surface area contributed by atoms with Gasteiger partial charge in [0.05, 0.1) is 14.2 Å². The number of hydrogen-bond donors (Lipinski definition) is 0. The maximum absolute atomic E-state index is 4.95. The Balaban J connectivity index is 0.000001000. The number of hydrogen-bond acceptors (Lipinski definition) is 2. The molecule has 0 atom stereocenters. The van der Waals surface area contributed by atoms with Gasteiger partial charge in [0.25, 0.3) is 0 Å². The Morgan fingerprint density at radius 1 is 1.09 bits per heavy atom. The molecule has 0 saturated carbocycles. The van der Waals surface area contributed by atoms with Crippen molar-refractivity contribution in [2.75, 3.05) is 14.2 Å². The van der Waals surface area contributed by atoms with Crippen molar-refractivity contribution in [3.63, 3.8) is 0 Å². The number of methoxy groups -OCH3 is 2. The van der Waals surface area contributed by atoms with Crippen LogP contribution in [0.15, 0.2) is 18.2 Å². The van der Waals surface area contributed by atoms with Crippen LogP contribution < -0.4 is 9.47 Å². The zero-order valence-corrected chi connectivity index (χ0v) is 6.05. The molecule has 0 unspecified atom stereocenters. The van der Waals surface area contributed by atoms with E-state index in [2.05, 4.69) is 6.07 Å². The van der Waals surface area contributed by atoms with Gasteiger partial charge in [0.15, 0.2) is 0 Å². The van der Waals surface area contributed by atoms with Gasteiger partial charge in [-0.25, -0.2) is 0 Å². The van der Waals surface area contributed by atoms with Crippen molar-refractivity contribution in [3.8, 4) is 11.5 Å². The zero-order chi connectivity index (χ0) is 7.40. The van der Waals surface area contributed by atoms with Gasteiger partial charge in [-0.1, -0.05) is 0 Å². The third-order valence-corrected chi connectivity index (χ3v) is 1.21. The topological polar surface area (TPSA) is 18.5 Å². The molecule has 0 saturated heterocycles. The first-order valence-corrected chi connectivity index (χ1v) is 2.96. The summed E-state index contributed by atoms with van der Waals surface area (Å²) in [6.45, 7) is 0. The maximum atomic E-state index is 4.95. The number of benzene rings is 1. The molecule has 0 N–H and O–H groups in total. The minimum absolute atomic E-state index is 0. The number of ether oxygens (including phenoxy) is 2. The molecular formula is C8H10NaO2. The molecule has 0 amide bonds. The molecule has 0 heterocycles. The van der Waals surface area contributed by atoms with E-state index in [9.17, 15) is 0 Å². The van der Waals surface area contributed by atoms with Crippen molar-refractivity contribution in [3.05, 3.63) is 24.3 Å². The van der Waals surface area contributed by atoms with E-state index >= 15 is 0 Å². The molecule has 1 rings (SSSR count). The zero-order valence-electron chi connectivity index (χ0n) is 6.05. The molecule has 0 aromatic heterocycles. The van der Waals surface area contributed by atoms with Crippen LogP contribution in [-0.2, 0) is 0 Å². The van der Waals surface area contributed by atoms with Crippen molar-refractivity contribution in [2.24, 2.45) is 0 Å². The molecule has 0 aliphatic carbocycles. The molecule has 1 aromatic carbocycles. The summed E-state index contributed by atoms with van der Waals surface area (Å²) in [5, 5.41) is 0. The van der Waals surface area contributed by atoms with E-state index in [1.165, 1.54) is 0 Å². The van der Waals surface area contributed by atoms with E-state index in [1.54, 1.807) is 32.4 Å². The van der Waals surface area contributed by atoms with Crippen molar-refractivity contribution in [1.29, 1.82) is 0 Å². The van der Waals surface area contributed by atoms with Crippen LogP contribution in [0.25, 0.3) is 0 Å². The second-order valence-electron chi connectivity index (χ2n) is 1.81. The third kappa shape index (κ3) is 3.14. The molecule has 55 valence electrons. The first-order chi connectivity index (χ1) is 4.86. The Morgan fingerprint density at radius 2 is 1.55 bits per heavy atom. The molecule has 11 heavy (non-hydrogen) atoms. The van der Waals surface area contributed by atoms with Crippen molar-refractivity contribution in [2.45, 2.75) is 0 Å². The fourth-order valence-corrected chi connectivity index (χ4v) is 0.665. The monoisotopic (exact) mass is 161 g/mol. The first-order valence-electron chi connectivity index (χ1n) is 2.96. The SMILES string of the molecule is COc1c[c]cc(OC)c1.[NaH]. The third-order valence-electron chi connectivity index (χ3n) is 1.21. The predicted octanol–water partition coefficient (Wildman–Crippen LogP) is 0.855. The molecule has 0 aliphatic rings. The Kier molecular flexibility index (Phi) is 5.38. The summed E-state index contributed by atoms with van der Waals surface area (Å²) in [4.78, 5) is 0. The molecule has 0 aliphatic heterocycles. The van der Waals surface area contributed by atoms with E-state index in [-0.39, 0.29) is 29.6 Å². The quantitative estimate of drug-likeness (QED) is 0.599. The summed E-state index contributed by atoms with van der Waals surface area (Å²) < 4.78 is 9.89. The molecule has 0 fully saturated rings. The average molecular weight is 161 g/mol. The van der Waals surface area contributed by atoms with Gasteiger partial charge in [0.2, 0.25) is 0 Å². The predicted molar refractivity (Wildman–Crippen MR) is 45.5 cm³/mol. The summed E-state index contributed by atoms with van der Waals surface area (Å²) in [6, 6.07) is 8.19. The van der Waals surface area contributed by atoms with Crippen molar-refractivity contribution >= 4 is 29.6 Å². The van der Waals surface area contributed by atoms with E-state index < -0.39 is 0 Å². The second kappa shape index (κ2) is 5.47. The van der Waals surface area contributed by atoms with Crippen LogP contribution in [0.2, 0.25) is 0 Å². The molecule has 1 radical (unpaired) electrons. The summed E-state index contributed by atoms with van der Waals surface area (Å²) in [7, 11) is 3.23. The van der Waals surface area contributed by atoms with E-state index in [4.69, 9.17) is 9.47 Å². The molecule has 3 heteroatoms. The molecule has 1 aromatic rings. The normalized spacial score (nSPS) is 8.18. The van der Waals surface area contributed by atoms with Gasteiger partial charge < -0.3 is 9.47 Å². The van der Waals surface area contributed by atoms with Gasteiger partial charge in [-0.15, -0.1) is 0 Å². The van der Waals surface area contributed by atoms with Crippen LogP contribution in [0.5, 0.6) is 11.5 Å². The van der Waals surface area contributed by atoms with Crippen LogP contribution >= 0.6 is 0 Å². The summed E-state index contributed by atoms with van der Waals surface area (Å²) in [6.07, 6.45) is 0. The second-order valence-corrected chi connectivity index (χ2v) is 1.81. The Labute approximate surface area is 88.8 Å². The van der Waals surface area contributed by atoms with Crippen LogP contribution in [0, 0.1) is 6.07 Å². The first kappa shape index (κ1) is 10.8. The van der Waals surface area contributed by atoms with Gasteiger partial charge in [0, 0.05) is 6.07 Å². The molecular weight excluding hydrogens is 151 g/mol. The van der Waals surface area contributed by atoms with Gasteiger partial charge in [-0.05, 0) is 18.2 Å². The van der Waals surface area contributed by atoms with Crippen LogP contribution in [0.1, 0.15) is 0 Å². The van der Waals surface area contributed by atoms with Crippen LogP contribution in [-0.4, -0.2) is 43.8 Å². The van der Waals surface area contributed by atoms with Gasteiger partial charge in [-0.2, -0.15) is 0 Å². The summed E-state index contributed by atoms with van der Waals surface area (Å²) >= 11 is 0. The Hall–Kier alpha value is -0.180. The van der Waals surface area contributed by atoms with Gasteiger partial charge in [-0.3, -0.25) is 0 Å². The molecule has 0 spiro atoms. The van der Waals surface area contributed by atoms with Crippen molar-refractivity contribution in [1.82, 2.24) is 0 Å². The van der Waals surface area contributed by atoms with Crippen LogP contribution in [0.4, 0.5) is 0 Å². The Bertz CT molecular complexity index is 194. The summed E-state index contributed by atoms with van der Waals surface area (Å²) in [5.41, 5.74) is 0. The van der Waals surface area contributed by atoms with Crippen molar-refractivity contribution < 1.29 is 9.47 Å². The van der Waals surface area contributed by atoms with E-state index in [0.717, 1.165) is 11.5 Å². The Morgan fingerprint density at radius 3 is 1.91 bits per heavy atom. The van der Waals surface area contributed by atoms with E-state index in [0.29, 0.717) is 0 Å². The fourth-order valence-electron chi connectivity index (χ4n) is 0.665.